The number of hydrogen-bond acceptors (Lipinski definition) is 6. The quantitative estimate of drug-likeness (QED) is 0.302. The van der Waals surface area contributed by atoms with E-state index in [-0.39, 0.29) is 11.7 Å². The molecule has 0 aliphatic carbocycles. The fraction of sp³-hybridized carbons (Fsp3) is 0.0476. The Bertz CT molecular complexity index is 1250. The lowest BCUT2D eigenvalue weighted by molar-refractivity contribution is -0.115. The van der Waals surface area contributed by atoms with Gasteiger partial charge in [-0.2, -0.15) is 0 Å². The first kappa shape index (κ1) is 18.2. The molecule has 1 aliphatic heterocycles. The monoisotopic (exact) mass is 404 g/mol. The summed E-state index contributed by atoms with van der Waals surface area (Å²) in [7, 11) is 0. The Kier molecular flexibility index (Phi) is 4.82. The number of benzene rings is 1. The van der Waals surface area contributed by atoms with Gasteiger partial charge >= 0.3 is 0 Å². The van der Waals surface area contributed by atoms with E-state index >= 15 is 0 Å². The summed E-state index contributed by atoms with van der Waals surface area (Å²) in [5.74, 6) is 6.29. The highest BCUT2D eigenvalue weighted by atomic mass is 32.2. The number of fused-ring (bicyclic) bond motifs is 1. The van der Waals surface area contributed by atoms with Crippen LogP contribution in [0.4, 0.5) is 0 Å². The first-order chi connectivity index (χ1) is 13.5. The second-order valence-corrected chi connectivity index (χ2v) is 7.68. The highest BCUT2D eigenvalue weighted by molar-refractivity contribution is 8.26. The molecule has 0 unspecified atom stereocenters. The van der Waals surface area contributed by atoms with Crippen LogP contribution in [0, 0.1) is 11.8 Å². The van der Waals surface area contributed by atoms with Crippen molar-refractivity contribution in [3.05, 3.63) is 70.1 Å². The minimum atomic E-state index is -0.241. The molecule has 136 valence electrons. The number of rotatable bonds is 2. The molecule has 1 aliphatic rings. The Balaban J connectivity index is 1.74. The molecule has 7 heteroatoms. The Labute approximate surface area is 170 Å². The zero-order valence-corrected chi connectivity index (χ0v) is 16.2. The smallest absolute Gasteiger partial charge is 0.263 e. The number of carbonyl (C=O) groups is 2. The number of amides is 1. The molecule has 0 spiro atoms. The van der Waals surface area contributed by atoms with Crippen LogP contribution in [0.1, 0.15) is 34.2 Å². The van der Waals surface area contributed by atoms with Crippen LogP contribution in [-0.2, 0) is 4.79 Å². The summed E-state index contributed by atoms with van der Waals surface area (Å²) in [5, 5.41) is 3.34. The summed E-state index contributed by atoms with van der Waals surface area (Å²) >= 11 is 6.18. The lowest BCUT2D eigenvalue weighted by Crippen LogP contribution is -2.17. The zero-order valence-electron chi connectivity index (χ0n) is 14.6. The highest BCUT2D eigenvalue weighted by Crippen LogP contribution is 2.29. The van der Waals surface area contributed by atoms with Crippen molar-refractivity contribution < 1.29 is 14.0 Å². The van der Waals surface area contributed by atoms with Crippen molar-refractivity contribution in [1.29, 1.82) is 0 Å². The standard InChI is InChI=1S/C21H12N2O3S2/c1-12(24)17-5-3-2-4-13(17)6-7-14-10-22-11-15-8-16(26-19(14)15)9-18-20(25)23-21(27)28-18/h2-5,8-11H,1H3,(H,23,25,27)/b18-9+. The van der Waals surface area contributed by atoms with E-state index in [1.165, 1.54) is 18.7 Å². The van der Waals surface area contributed by atoms with Gasteiger partial charge in [-0.05, 0) is 19.1 Å². The molecule has 0 saturated carbocycles. The third-order valence-electron chi connectivity index (χ3n) is 4.00. The number of thioether (sulfide) groups is 1. The fourth-order valence-corrected chi connectivity index (χ4v) is 3.75. The lowest BCUT2D eigenvalue weighted by atomic mass is 10.0. The summed E-state index contributed by atoms with van der Waals surface area (Å²) in [5.41, 5.74) is 2.38. The first-order valence-corrected chi connectivity index (χ1v) is 9.48. The van der Waals surface area contributed by atoms with Crippen LogP contribution in [0.15, 0.2) is 52.0 Å². The van der Waals surface area contributed by atoms with Gasteiger partial charge in [0, 0.05) is 35.0 Å². The minimum Gasteiger partial charge on any atom is -0.455 e. The van der Waals surface area contributed by atoms with Gasteiger partial charge in [0.2, 0.25) is 0 Å². The van der Waals surface area contributed by atoms with E-state index < -0.39 is 0 Å². The van der Waals surface area contributed by atoms with Crippen LogP contribution >= 0.6 is 24.0 Å². The predicted molar refractivity (Wildman–Crippen MR) is 113 cm³/mol. The van der Waals surface area contributed by atoms with E-state index in [4.69, 9.17) is 16.6 Å². The van der Waals surface area contributed by atoms with Gasteiger partial charge in [0.25, 0.3) is 5.91 Å². The number of pyridine rings is 1. The van der Waals surface area contributed by atoms with E-state index in [0.717, 1.165) is 5.39 Å². The number of thiocarbonyl (C=S) groups is 1. The van der Waals surface area contributed by atoms with Crippen molar-refractivity contribution in [3.63, 3.8) is 0 Å². The molecule has 1 fully saturated rings. The maximum atomic E-state index is 11.8. The van der Waals surface area contributed by atoms with Crippen LogP contribution in [0.25, 0.3) is 17.0 Å². The molecule has 1 saturated heterocycles. The molecule has 2 aromatic heterocycles. The Hall–Kier alpha value is -3.21. The second kappa shape index (κ2) is 7.43. The number of nitrogens with zero attached hydrogens (tertiary/aromatic N) is 1. The Morgan fingerprint density at radius 2 is 2.04 bits per heavy atom. The summed E-state index contributed by atoms with van der Waals surface area (Å²) in [6.45, 7) is 1.51. The largest absolute Gasteiger partial charge is 0.455 e. The van der Waals surface area contributed by atoms with Gasteiger partial charge in [0.1, 0.15) is 10.1 Å². The average molecular weight is 404 g/mol. The Morgan fingerprint density at radius 1 is 1.25 bits per heavy atom. The van der Waals surface area contributed by atoms with Crippen LogP contribution in [0.5, 0.6) is 0 Å². The van der Waals surface area contributed by atoms with Crippen molar-refractivity contribution in [1.82, 2.24) is 10.3 Å². The SMILES string of the molecule is CC(=O)c1ccccc1C#Cc1cncc2cc(/C=C3/SC(=S)NC3=O)oc12. The zero-order chi connectivity index (χ0) is 19.7. The summed E-state index contributed by atoms with van der Waals surface area (Å²) in [6, 6.07) is 8.98. The van der Waals surface area contributed by atoms with Crippen molar-refractivity contribution in [2.24, 2.45) is 0 Å². The topological polar surface area (TPSA) is 72.2 Å². The molecule has 1 aromatic carbocycles. The normalized spacial score (nSPS) is 14.8. The highest BCUT2D eigenvalue weighted by Gasteiger charge is 2.22. The molecule has 4 rings (SSSR count). The fourth-order valence-electron chi connectivity index (χ4n) is 2.73. The number of furan rings is 1. The van der Waals surface area contributed by atoms with E-state index in [0.29, 0.717) is 37.3 Å². The molecule has 3 aromatic rings. The van der Waals surface area contributed by atoms with Gasteiger partial charge in [-0.1, -0.05) is 54.0 Å². The van der Waals surface area contributed by atoms with E-state index in [9.17, 15) is 9.59 Å². The van der Waals surface area contributed by atoms with Gasteiger partial charge < -0.3 is 9.73 Å². The van der Waals surface area contributed by atoms with Gasteiger partial charge in [0.05, 0.1) is 10.5 Å². The molecule has 28 heavy (non-hydrogen) atoms. The molecular weight excluding hydrogens is 392 g/mol. The molecule has 0 atom stereocenters. The third kappa shape index (κ3) is 3.60. The summed E-state index contributed by atoms with van der Waals surface area (Å²) in [6.07, 6.45) is 4.92. The summed E-state index contributed by atoms with van der Waals surface area (Å²) < 4.78 is 6.31. The van der Waals surface area contributed by atoms with Crippen molar-refractivity contribution in [2.75, 3.05) is 0 Å². The van der Waals surface area contributed by atoms with Crippen LogP contribution in [0.2, 0.25) is 0 Å². The van der Waals surface area contributed by atoms with Gasteiger partial charge in [-0.3, -0.25) is 14.6 Å². The van der Waals surface area contributed by atoms with E-state index in [2.05, 4.69) is 22.1 Å². The number of Topliss-reactive ketones (excluding diaryl/α,β-unsaturated/α-hetero) is 1. The molecule has 1 amide bonds. The van der Waals surface area contributed by atoms with E-state index in [1.807, 2.05) is 6.07 Å². The number of carbonyl (C=O) groups excluding carboxylic acids is 2. The lowest BCUT2D eigenvalue weighted by Gasteiger charge is -1.98. The maximum Gasteiger partial charge on any atom is 0.263 e. The summed E-state index contributed by atoms with van der Waals surface area (Å²) in [4.78, 5) is 28.3. The maximum absolute atomic E-state index is 11.8. The van der Waals surface area contributed by atoms with Crippen LogP contribution in [0.3, 0.4) is 0 Å². The minimum absolute atomic E-state index is 0.0432. The molecule has 3 heterocycles. The predicted octanol–water partition coefficient (Wildman–Crippen LogP) is 3.92. The molecular formula is C21H12N2O3S2. The van der Waals surface area contributed by atoms with Gasteiger partial charge in [-0.25, -0.2) is 0 Å². The molecule has 0 radical (unpaired) electrons. The first-order valence-electron chi connectivity index (χ1n) is 8.25. The molecule has 1 N–H and O–H groups in total. The number of aromatic nitrogens is 1. The van der Waals surface area contributed by atoms with Crippen molar-refractivity contribution in [3.8, 4) is 11.8 Å². The molecule has 5 nitrogen and oxygen atoms in total. The van der Waals surface area contributed by atoms with Crippen LogP contribution < -0.4 is 5.32 Å². The number of ketones is 1. The third-order valence-corrected chi connectivity index (χ3v) is 5.16. The number of hydrogen-bond donors (Lipinski definition) is 1. The molecule has 0 bridgehead atoms. The second-order valence-electron chi connectivity index (χ2n) is 5.96. The average Bonchev–Trinajstić information content (AvgIpc) is 3.22. The van der Waals surface area contributed by atoms with Gasteiger partial charge in [0.15, 0.2) is 11.4 Å². The van der Waals surface area contributed by atoms with E-state index in [1.54, 1.807) is 42.7 Å². The van der Waals surface area contributed by atoms with Crippen molar-refractivity contribution in [2.45, 2.75) is 6.92 Å². The van der Waals surface area contributed by atoms with Gasteiger partial charge in [-0.15, -0.1) is 0 Å². The van der Waals surface area contributed by atoms with Crippen molar-refractivity contribution >= 4 is 57.0 Å². The Morgan fingerprint density at radius 3 is 2.79 bits per heavy atom. The van der Waals surface area contributed by atoms with Crippen LogP contribution in [-0.4, -0.2) is 21.0 Å². The number of nitrogens with one attached hydrogen (secondary N) is 1.